The average Bonchev–Trinajstić information content (AvgIpc) is 2.71. The van der Waals surface area contributed by atoms with Crippen LogP contribution in [0.4, 0.5) is 14.5 Å². The number of amides is 1. The van der Waals surface area contributed by atoms with E-state index in [0.717, 1.165) is 22.9 Å². The van der Waals surface area contributed by atoms with Crippen LogP contribution >= 0.6 is 0 Å². The third kappa shape index (κ3) is 4.27. The van der Waals surface area contributed by atoms with Gasteiger partial charge in [0.15, 0.2) is 12.3 Å². The van der Waals surface area contributed by atoms with Gasteiger partial charge in [-0.15, -0.1) is 0 Å². The van der Waals surface area contributed by atoms with Crippen molar-refractivity contribution in [3.05, 3.63) is 70.1 Å². The van der Waals surface area contributed by atoms with Crippen LogP contribution in [0.3, 0.4) is 0 Å². The van der Waals surface area contributed by atoms with Crippen LogP contribution < -0.4 is 10.9 Å². The van der Waals surface area contributed by atoms with Gasteiger partial charge in [-0.2, -0.15) is 5.10 Å². The molecule has 10 heteroatoms. The van der Waals surface area contributed by atoms with Crippen molar-refractivity contribution in [2.75, 3.05) is 18.5 Å². The predicted octanol–water partition coefficient (Wildman–Crippen LogP) is 1.46. The molecule has 150 valence electrons. The first-order valence-corrected chi connectivity index (χ1v) is 8.44. The summed E-state index contributed by atoms with van der Waals surface area (Å²) in [6.45, 7) is -1.35. The second-order valence-electron chi connectivity index (χ2n) is 5.87. The van der Waals surface area contributed by atoms with Gasteiger partial charge in [0.05, 0.1) is 18.5 Å². The lowest BCUT2D eigenvalue weighted by Crippen LogP contribution is -2.28. The van der Waals surface area contributed by atoms with Gasteiger partial charge in [0, 0.05) is 5.39 Å². The Balaban J connectivity index is 1.80. The lowest BCUT2D eigenvalue weighted by Gasteiger charge is -2.11. The molecule has 8 nitrogen and oxygen atoms in total. The van der Waals surface area contributed by atoms with Crippen molar-refractivity contribution in [3.8, 4) is 0 Å². The first kappa shape index (κ1) is 20.1. The Morgan fingerprint density at radius 3 is 2.38 bits per heavy atom. The third-order valence-electron chi connectivity index (χ3n) is 3.93. The van der Waals surface area contributed by atoms with Crippen molar-refractivity contribution in [2.24, 2.45) is 0 Å². The van der Waals surface area contributed by atoms with E-state index >= 15 is 0 Å². The van der Waals surface area contributed by atoms with Crippen LogP contribution in [0.5, 0.6) is 0 Å². The van der Waals surface area contributed by atoms with E-state index in [9.17, 15) is 23.2 Å². The fourth-order valence-electron chi connectivity index (χ4n) is 2.62. The number of para-hydroxylation sites is 1. The zero-order valence-electron chi connectivity index (χ0n) is 14.9. The number of fused-ring (bicyclic) bond motifs is 1. The quantitative estimate of drug-likeness (QED) is 0.603. The Morgan fingerprint density at radius 2 is 1.72 bits per heavy atom. The molecule has 0 bridgehead atoms. The number of aromatic nitrogens is 2. The number of nitrogens with zero attached hydrogens (tertiary/aromatic N) is 2. The lowest BCUT2D eigenvalue weighted by atomic mass is 10.1. The molecule has 3 aromatic rings. The number of esters is 1. The van der Waals surface area contributed by atoms with Crippen molar-refractivity contribution in [1.82, 2.24) is 9.78 Å². The maximum absolute atomic E-state index is 13.6. The molecule has 0 unspecified atom stereocenters. The van der Waals surface area contributed by atoms with E-state index in [1.807, 2.05) is 5.32 Å². The Labute approximate surface area is 162 Å². The molecular formula is C19H15F2N3O5. The molecule has 2 N–H and O–H groups in total. The molecule has 1 aromatic heterocycles. The molecule has 0 fully saturated rings. The number of carbonyl (C=O) groups excluding carboxylic acids is 2. The Kier molecular flexibility index (Phi) is 5.93. The number of aliphatic hydroxyl groups is 1. The zero-order valence-corrected chi connectivity index (χ0v) is 14.9. The van der Waals surface area contributed by atoms with Gasteiger partial charge in [-0.25, -0.2) is 18.3 Å². The minimum atomic E-state index is -1.02. The predicted molar refractivity (Wildman–Crippen MR) is 98.4 cm³/mol. The van der Waals surface area contributed by atoms with E-state index in [0.29, 0.717) is 0 Å². The highest BCUT2D eigenvalue weighted by Gasteiger charge is 2.20. The first-order valence-electron chi connectivity index (χ1n) is 8.44. The van der Waals surface area contributed by atoms with E-state index in [1.54, 1.807) is 12.1 Å². The molecule has 0 radical (unpaired) electrons. The van der Waals surface area contributed by atoms with Crippen LogP contribution in [-0.2, 0) is 16.1 Å². The zero-order chi connectivity index (χ0) is 21.0. The van der Waals surface area contributed by atoms with Crippen LogP contribution in [0.1, 0.15) is 10.5 Å². The Morgan fingerprint density at radius 1 is 1.07 bits per heavy atom. The number of nitrogens with one attached hydrogen (secondary N) is 1. The minimum Gasteiger partial charge on any atom is -0.451 e. The van der Waals surface area contributed by atoms with Gasteiger partial charge in [-0.3, -0.25) is 9.59 Å². The van der Waals surface area contributed by atoms with Gasteiger partial charge >= 0.3 is 5.97 Å². The van der Waals surface area contributed by atoms with Crippen LogP contribution in [-0.4, -0.2) is 40.0 Å². The van der Waals surface area contributed by atoms with Crippen molar-refractivity contribution in [1.29, 1.82) is 0 Å². The fourth-order valence-corrected chi connectivity index (χ4v) is 2.62. The number of aliphatic hydroxyl groups excluding tert-OH is 1. The summed E-state index contributed by atoms with van der Waals surface area (Å²) >= 11 is 0. The molecule has 0 saturated carbocycles. The van der Waals surface area contributed by atoms with E-state index in [-0.39, 0.29) is 29.6 Å². The topological polar surface area (TPSA) is 111 Å². The number of halogens is 2. The molecule has 0 aliphatic rings. The maximum atomic E-state index is 13.6. The lowest BCUT2D eigenvalue weighted by molar-refractivity contribution is -0.119. The highest BCUT2D eigenvalue weighted by atomic mass is 19.1. The summed E-state index contributed by atoms with van der Waals surface area (Å²) in [6.07, 6.45) is 0. The van der Waals surface area contributed by atoms with Gasteiger partial charge in [0.25, 0.3) is 11.5 Å². The molecule has 0 spiro atoms. The SMILES string of the molecule is O=C(COC(=O)c1nn(CCO)c(=O)c2ccccc12)Nc1c(F)cccc1F. The van der Waals surface area contributed by atoms with Crippen LogP contribution in [0.2, 0.25) is 0 Å². The molecule has 0 aliphatic heterocycles. The van der Waals surface area contributed by atoms with E-state index < -0.39 is 41.4 Å². The van der Waals surface area contributed by atoms with Crippen LogP contribution in [0.15, 0.2) is 47.3 Å². The summed E-state index contributed by atoms with van der Waals surface area (Å²) in [5.41, 5.74) is -1.40. The molecular weight excluding hydrogens is 388 g/mol. The van der Waals surface area contributed by atoms with Crippen molar-refractivity contribution < 1.29 is 28.2 Å². The van der Waals surface area contributed by atoms with E-state index in [1.165, 1.54) is 12.1 Å². The van der Waals surface area contributed by atoms with Crippen molar-refractivity contribution >= 4 is 28.3 Å². The van der Waals surface area contributed by atoms with Crippen molar-refractivity contribution in [3.63, 3.8) is 0 Å². The number of carbonyl (C=O) groups is 2. The van der Waals surface area contributed by atoms with Gasteiger partial charge < -0.3 is 15.2 Å². The van der Waals surface area contributed by atoms with E-state index in [2.05, 4.69) is 5.10 Å². The summed E-state index contributed by atoms with van der Waals surface area (Å²) in [6, 6.07) is 9.22. The minimum absolute atomic E-state index is 0.142. The fraction of sp³-hybridized carbons (Fsp3) is 0.158. The standard InChI is InChI=1S/C19H15F2N3O5/c20-13-6-3-7-14(21)17(13)22-15(26)10-29-19(28)16-11-4-1-2-5-12(11)18(27)24(23-16)8-9-25/h1-7,25H,8-10H2,(H,22,26). The first-order chi connectivity index (χ1) is 13.9. The molecule has 0 aliphatic carbocycles. The Bertz CT molecular complexity index is 1130. The maximum Gasteiger partial charge on any atom is 0.359 e. The van der Waals surface area contributed by atoms with Crippen LogP contribution in [0.25, 0.3) is 10.8 Å². The molecule has 2 aromatic carbocycles. The molecule has 3 rings (SSSR count). The second-order valence-corrected chi connectivity index (χ2v) is 5.87. The Hall–Kier alpha value is -3.66. The summed E-state index contributed by atoms with van der Waals surface area (Å²) < 4.78 is 33.0. The van der Waals surface area contributed by atoms with Crippen LogP contribution in [0, 0.1) is 11.6 Å². The molecule has 0 atom stereocenters. The number of ether oxygens (including phenoxy) is 1. The van der Waals surface area contributed by atoms with E-state index in [4.69, 9.17) is 9.84 Å². The van der Waals surface area contributed by atoms with Gasteiger partial charge in [0.1, 0.15) is 17.3 Å². The smallest absolute Gasteiger partial charge is 0.359 e. The summed E-state index contributed by atoms with van der Waals surface area (Å²) in [5.74, 6) is -3.94. The number of hydrogen-bond acceptors (Lipinski definition) is 6. The van der Waals surface area contributed by atoms with Gasteiger partial charge in [-0.05, 0) is 18.2 Å². The number of benzene rings is 2. The summed E-state index contributed by atoms with van der Waals surface area (Å²) in [5, 5.41) is 15.4. The van der Waals surface area contributed by atoms with Gasteiger partial charge in [0.2, 0.25) is 0 Å². The summed E-state index contributed by atoms with van der Waals surface area (Å²) in [4.78, 5) is 36.7. The molecule has 0 saturated heterocycles. The number of hydrogen-bond donors (Lipinski definition) is 2. The monoisotopic (exact) mass is 403 g/mol. The largest absolute Gasteiger partial charge is 0.451 e. The highest BCUT2D eigenvalue weighted by molar-refractivity contribution is 6.03. The van der Waals surface area contributed by atoms with Gasteiger partial charge in [-0.1, -0.05) is 24.3 Å². The number of rotatable bonds is 6. The number of anilines is 1. The highest BCUT2D eigenvalue weighted by Crippen LogP contribution is 2.18. The molecule has 1 amide bonds. The normalized spacial score (nSPS) is 10.7. The molecule has 1 heterocycles. The average molecular weight is 403 g/mol. The second kappa shape index (κ2) is 8.57. The summed E-state index contributed by atoms with van der Waals surface area (Å²) in [7, 11) is 0. The van der Waals surface area contributed by atoms with Crippen molar-refractivity contribution in [2.45, 2.75) is 6.54 Å². The third-order valence-corrected chi connectivity index (χ3v) is 3.93. The molecule has 29 heavy (non-hydrogen) atoms.